The zero-order valence-electron chi connectivity index (χ0n) is 20.2. The number of aromatic nitrogens is 2. The number of nitriles is 1. The van der Waals surface area contributed by atoms with Crippen molar-refractivity contribution in [2.45, 2.75) is 19.8 Å². The molecule has 6 nitrogen and oxygen atoms in total. The lowest BCUT2D eigenvalue weighted by molar-refractivity contribution is 0.0747. The summed E-state index contributed by atoms with van der Waals surface area (Å²) >= 11 is 0. The van der Waals surface area contributed by atoms with E-state index in [1.54, 1.807) is 0 Å². The van der Waals surface area contributed by atoms with Crippen LogP contribution in [0.1, 0.15) is 32.9 Å². The fourth-order valence-corrected chi connectivity index (χ4v) is 4.78. The van der Waals surface area contributed by atoms with Gasteiger partial charge >= 0.3 is 0 Å². The second-order valence-corrected chi connectivity index (χ2v) is 9.22. The summed E-state index contributed by atoms with van der Waals surface area (Å²) in [6.45, 7) is 5.20. The minimum absolute atomic E-state index is 0.0700. The third kappa shape index (κ3) is 4.76. The van der Waals surface area contributed by atoms with Crippen LogP contribution in [0.5, 0.6) is 0 Å². The lowest BCUT2D eigenvalue weighted by atomic mass is 10.1. The molecule has 176 valence electrons. The highest BCUT2D eigenvalue weighted by atomic mass is 16.2. The summed E-state index contributed by atoms with van der Waals surface area (Å²) in [4.78, 5) is 22.4. The molecular weight excluding hydrogens is 434 g/mol. The molecule has 5 rings (SSSR count). The van der Waals surface area contributed by atoms with Gasteiger partial charge in [0.05, 0.1) is 22.7 Å². The van der Waals surface area contributed by atoms with Gasteiger partial charge in [0.25, 0.3) is 5.91 Å². The number of rotatable bonds is 5. The Kier molecular flexibility index (Phi) is 6.24. The first-order valence-corrected chi connectivity index (χ1v) is 12.1. The average Bonchev–Trinajstić information content (AvgIpc) is 3.22. The Labute approximate surface area is 206 Å². The van der Waals surface area contributed by atoms with Crippen LogP contribution in [0.2, 0.25) is 0 Å². The molecule has 1 aliphatic heterocycles. The first kappa shape index (κ1) is 22.7. The van der Waals surface area contributed by atoms with Gasteiger partial charge in [0.2, 0.25) is 0 Å². The molecule has 0 saturated carbocycles. The predicted octanol–water partition coefficient (Wildman–Crippen LogP) is 4.50. The van der Waals surface area contributed by atoms with Crippen molar-refractivity contribution < 1.29 is 4.79 Å². The molecule has 1 aromatic heterocycles. The van der Waals surface area contributed by atoms with Crippen LogP contribution in [0, 0.1) is 18.3 Å². The van der Waals surface area contributed by atoms with Gasteiger partial charge in [0, 0.05) is 50.9 Å². The molecule has 35 heavy (non-hydrogen) atoms. The minimum atomic E-state index is 0.0700. The van der Waals surface area contributed by atoms with Crippen LogP contribution in [-0.2, 0) is 19.9 Å². The quantitative estimate of drug-likeness (QED) is 0.437. The van der Waals surface area contributed by atoms with Gasteiger partial charge in [-0.15, -0.1) is 0 Å². The van der Waals surface area contributed by atoms with Crippen LogP contribution < -0.4 is 4.90 Å². The Balaban J connectivity index is 1.26. The van der Waals surface area contributed by atoms with E-state index in [0.29, 0.717) is 24.2 Å². The summed E-state index contributed by atoms with van der Waals surface area (Å²) in [5, 5.41) is 8.97. The monoisotopic (exact) mass is 463 g/mol. The van der Waals surface area contributed by atoms with E-state index in [4.69, 9.17) is 10.2 Å². The maximum Gasteiger partial charge on any atom is 0.254 e. The van der Waals surface area contributed by atoms with Gasteiger partial charge in [0.15, 0.2) is 0 Å². The van der Waals surface area contributed by atoms with E-state index in [2.05, 4.69) is 46.7 Å². The number of imidazole rings is 1. The number of hydrogen-bond donors (Lipinski definition) is 0. The molecule has 1 amide bonds. The Bertz CT molecular complexity index is 1410. The third-order valence-corrected chi connectivity index (χ3v) is 6.87. The van der Waals surface area contributed by atoms with Gasteiger partial charge in [-0.1, -0.05) is 24.3 Å². The highest BCUT2D eigenvalue weighted by Crippen LogP contribution is 2.22. The van der Waals surface area contributed by atoms with Gasteiger partial charge in [-0.25, -0.2) is 4.98 Å². The lowest BCUT2D eigenvalue weighted by Crippen LogP contribution is -2.48. The number of aryl methyl sites for hydroxylation is 4. The number of carbonyl (C=O) groups excluding carboxylic acids is 1. The summed E-state index contributed by atoms with van der Waals surface area (Å²) < 4.78 is 2.11. The van der Waals surface area contributed by atoms with E-state index in [9.17, 15) is 4.79 Å². The molecule has 3 aromatic carbocycles. The minimum Gasteiger partial charge on any atom is -0.368 e. The summed E-state index contributed by atoms with van der Waals surface area (Å²) in [7, 11) is 2.02. The molecule has 4 aromatic rings. The van der Waals surface area contributed by atoms with Crippen LogP contribution >= 0.6 is 0 Å². The lowest BCUT2D eigenvalue weighted by Gasteiger charge is -2.36. The number of piperazine rings is 1. The third-order valence-electron chi connectivity index (χ3n) is 6.87. The van der Waals surface area contributed by atoms with Crippen LogP contribution in [0.15, 0.2) is 66.7 Å². The smallest absolute Gasteiger partial charge is 0.254 e. The molecule has 2 heterocycles. The molecule has 1 aliphatic rings. The molecular formula is C29H29N5O. The molecule has 6 heteroatoms. The van der Waals surface area contributed by atoms with Gasteiger partial charge in [-0.3, -0.25) is 4.79 Å². The van der Waals surface area contributed by atoms with Gasteiger partial charge < -0.3 is 14.4 Å². The standard InChI is InChI=1S/C29H29N5O/c1-21-4-3-5-25(18-21)33-14-16-34(17-15-33)29(35)24-11-12-27-26(19-24)31-28(32(27)2)13-10-22-6-8-23(20-30)9-7-22/h3-9,11-12,18-19H,10,13-17H2,1-2H3. The fourth-order valence-electron chi connectivity index (χ4n) is 4.78. The highest BCUT2D eigenvalue weighted by molar-refractivity contribution is 5.97. The van der Waals surface area contributed by atoms with E-state index in [-0.39, 0.29) is 5.91 Å². The molecule has 0 unspecified atom stereocenters. The number of benzene rings is 3. The number of amides is 1. The molecule has 0 N–H and O–H groups in total. The van der Waals surface area contributed by atoms with Crippen LogP contribution in [0.4, 0.5) is 5.69 Å². The Morgan fingerprint density at radius 1 is 0.971 bits per heavy atom. The van der Waals surface area contributed by atoms with Gasteiger partial charge in [-0.2, -0.15) is 5.26 Å². The second-order valence-electron chi connectivity index (χ2n) is 9.22. The van der Waals surface area contributed by atoms with Crippen molar-refractivity contribution in [2.24, 2.45) is 7.05 Å². The Morgan fingerprint density at radius 2 is 1.74 bits per heavy atom. The van der Waals surface area contributed by atoms with Crippen molar-refractivity contribution in [1.82, 2.24) is 14.5 Å². The molecule has 0 bridgehead atoms. The molecule has 0 aliphatic carbocycles. The molecule has 0 atom stereocenters. The van der Waals surface area contributed by atoms with E-state index < -0.39 is 0 Å². The van der Waals surface area contributed by atoms with Gasteiger partial charge in [-0.05, 0) is 66.9 Å². The van der Waals surface area contributed by atoms with Crippen molar-refractivity contribution in [2.75, 3.05) is 31.1 Å². The number of anilines is 1. The second kappa shape index (κ2) is 9.63. The maximum atomic E-state index is 13.2. The summed E-state index contributed by atoms with van der Waals surface area (Å²) in [6, 6.07) is 24.2. The largest absolute Gasteiger partial charge is 0.368 e. The van der Waals surface area contributed by atoms with Crippen molar-refractivity contribution in [3.05, 3.63) is 94.8 Å². The van der Waals surface area contributed by atoms with E-state index in [1.165, 1.54) is 16.8 Å². The fraction of sp³-hybridized carbons (Fsp3) is 0.276. The number of fused-ring (bicyclic) bond motifs is 1. The van der Waals surface area contributed by atoms with E-state index in [1.807, 2.05) is 54.4 Å². The van der Waals surface area contributed by atoms with E-state index >= 15 is 0 Å². The van der Waals surface area contributed by atoms with Crippen molar-refractivity contribution >= 4 is 22.6 Å². The Morgan fingerprint density at radius 3 is 2.46 bits per heavy atom. The number of carbonyl (C=O) groups is 1. The first-order valence-electron chi connectivity index (χ1n) is 12.1. The van der Waals surface area contributed by atoms with Crippen molar-refractivity contribution in [1.29, 1.82) is 5.26 Å². The zero-order valence-corrected chi connectivity index (χ0v) is 20.2. The average molecular weight is 464 g/mol. The molecule has 0 spiro atoms. The number of hydrogen-bond acceptors (Lipinski definition) is 4. The van der Waals surface area contributed by atoms with Crippen LogP contribution in [-0.4, -0.2) is 46.5 Å². The van der Waals surface area contributed by atoms with E-state index in [0.717, 1.165) is 42.8 Å². The molecule has 1 saturated heterocycles. The van der Waals surface area contributed by atoms with Crippen molar-refractivity contribution in [3.8, 4) is 6.07 Å². The van der Waals surface area contributed by atoms with Crippen molar-refractivity contribution in [3.63, 3.8) is 0 Å². The zero-order chi connectivity index (χ0) is 24.4. The SMILES string of the molecule is Cc1cccc(N2CCN(C(=O)c3ccc4c(c3)nc(CCc3ccc(C#N)cc3)n4C)CC2)c1. The Hall–Kier alpha value is -4.11. The van der Waals surface area contributed by atoms with Crippen LogP contribution in [0.3, 0.4) is 0 Å². The summed E-state index contributed by atoms with van der Waals surface area (Å²) in [5.74, 6) is 1.06. The molecule has 1 fully saturated rings. The highest BCUT2D eigenvalue weighted by Gasteiger charge is 2.23. The first-order chi connectivity index (χ1) is 17.0. The normalized spacial score (nSPS) is 13.7. The maximum absolute atomic E-state index is 13.2. The number of nitrogens with zero attached hydrogens (tertiary/aromatic N) is 5. The summed E-state index contributed by atoms with van der Waals surface area (Å²) in [6.07, 6.45) is 1.64. The summed E-state index contributed by atoms with van der Waals surface area (Å²) in [5.41, 5.74) is 6.90. The topological polar surface area (TPSA) is 65.2 Å². The predicted molar refractivity (Wildman–Crippen MR) is 139 cm³/mol. The van der Waals surface area contributed by atoms with Gasteiger partial charge in [0.1, 0.15) is 5.82 Å². The van der Waals surface area contributed by atoms with Crippen LogP contribution in [0.25, 0.3) is 11.0 Å². The molecule has 0 radical (unpaired) electrons.